The van der Waals surface area contributed by atoms with Gasteiger partial charge in [0.15, 0.2) is 0 Å². The summed E-state index contributed by atoms with van der Waals surface area (Å²) in [6, 6.07) is 9.72. The fraction of sp³-hybridized carbons (Fsp3) is 0.235. The SMILES string of the molecule is C=CCN=C(SCc1ccccc1)c1c(O)n(C)c(=O)n(C)c1=O. The summed E-state index contributed by atoms with van der Waals surface area (Å²) in [4.78, 5) is 28.7. The van der Waals surface area contributed by atoms with Gasteiger partial charge >= 0.3 is 5.69 Å². The number of nitrogens with zero attached hydrogens (tertiary/aromatic N) is 3. The maximum Gasteiger partial charge on any atom is 0.333 e. The molecule has 0 amide bonds. The molecule has 1 aromatic carbocycles. The van der Waals surface area contributed by atoms with E-state index >= 15 is 0 Å². The van der Waals surface area contributed by atoms with Crippen LogP contribution < -0.4 is 11.2 Å². The highest BCUT2D eigenvalue weighted by Gasteiger charge is 2.20. The first-order valence-corrected chi connectivity index (χ1v) is 8.27. The van der Waals surface area contributed by atoms with Crippen molar-refractivity contribution in [1.82, 2.24) is 9.13 Å². The number of aromatic hydroxyl groups is 1. The highest BCUT2D eigenvalue weighted by Crippen LogP contribution is 2.22. The maximum atomic E-state index is 12.4. The molecule has 0 bridgehead atoms. The number of aliphatic imine (C=N–C) groups is 1. The van der Waals surface area contributed by atoms with Crippen LogP contribution in [0.25, 0.3) is 0 Å². The van der Waals surface area contributed by atoms with Gasteiger partial charge < -0.3 is 5.11 Å². The third-order valence-electron chi connectivity index (χ3n) is 3.43. The van der Waals surface area contributed by atoms with Crippen molar-refractivity contribution in [3.63, 3.8) is 0 Å². The molecule has 2 aromatic rings. The molecule has 0 aliphatic carbocycles. The quantitative estimate of drug-likeness (QED) is 0.508. The van der Waals surface area contributed by atoms with Crippen LogP contribution in [0.5, 0.6) is 5.88 Å². The van der Waals surface area contributed by atoms with E-state index in [0.29, 0.717) is 17.3 Å². The number of thioether (sulfide) groups is 1. The summed E-state index contributed by atoms with van der Waals surface area (Å²) in [7, 11) is 2.79. The minimum atomic E-state index is -0.586. The maximum absolute atomic E-state index is 12.4. The smallest absolute Gasteiger partial charge is 0.333 e. The van der Waals surface area contributed by atoms with Crippen molar-refractivity contribution in [2.75, 3.05) is 6.54 Å². The van der Waals surface area contributed by atoms with Gasteiger partial charge in [-0.05, 0) is 5.56 Å². The molecule has 0 spiro atoms. The zero-order chi connectivity index (χ0) is 17.7. The highest BCUT2D eigenvalue weighted by atomic mass is 32.2. The zero-order valence-corrected chi connectivity index (χ0v) is 14.4. The van der Waals surface area contributed by atoms with E-state index in [1.165, 1.54) is 25.9 Å². The van der Waals surface area contributed by atoms with E-state index in [4.69, 9.17) is 0 Å². The molecule has 126 valence electrons. The van der Waals surface area contributed by atoms with Crippen LogP contribution in [0.15, 0.2) is 57.6 Å². The third-order valence-corrected chi connectivity index (χ3v) is 4.51. The predicted octanol–water partition coefficient (Wildman–Crippen LogP) is 1.66. The van der Waals surface area contributed by atoms with E-state index in [2.05, 4.69) is 11.6 Å². The molecule has 0 aliphatic heterocycles. The van der Waals surface area contributed by atoms with Gasteiger partial charge in [-0.2, -0.15) is 0 Å². The Kier molecular flexibility index (Phi) is 5.81. The lowest BCUT2D eigenvalue weighted by molar-refractivity contribution is 0.410. The first kappa shape index (κ1) is 17.8. The molecule has 0 radical (unpaired) electrons. The lowest BCUT2D eigenvalue weighted by Crippen LogP contribution is -2.39. The Balaban J connectivity index is 2.48. The minimum Gasteiger partial charge on any atom is -0.494 e. The van der Waals surface area contributed by atoms with Crippen LogP contribution >= 0.6 is 11.8 Å². The Bertz CT molecular complexity index is 882. The van der Waals surface area contributed by atoms with Crippen LogP contribution in [0.3, 0.4) is 0 Å². The number of benzene rings is 1. The van der Waals surface area contributed by atoms with Crippen LogP contribution in [-0.4, -0.2) is 25.8 Å². The van der Waals surface area contributed by atoms with Gasteiger partial charge in [-0.15, -0.1) is 18.3 Å². The second-order valence-electron chi connectivity index (χ2n) is 5.11. The molecule has 0 saturated heterocycles. The summed E-state index contributed by atoms with van der Waals surface area (Å²) >= 11 is 1.33. The van der Waals surface area contributed by atoms with Crippen LogP contribution in [-0.2, 0) is 19.8 Å². The molecule has 1 heterocycles. The van der Waals surface area contributed by atoms with Gasteiger partial charge in [-0.25, -0.2) is 4.79 Å². The molecule has 0 aliphatic rings. The van der Waals surface area contributed by atoms with E-state index in [0.717, 1.165) is 14.7 Å². The molecule has 2 rings (SSSR count). The van der Waals surface area contributed by atoms with E-state index in [1.807, 2.05) is 30.3 Å². The van der Waals surface area contributed by atoms with Crippen molar-refractivity contribution < 1.29 is 5.11 Å². The molecule has 6 nitrogen and oxygen atoms in total. The number of aromatic nitrogens is 2. The highest BCUT2D eigenvalue weighted by molar-refractivity contribution is 8.13. The molecule has 24 heavy (non-hydrogen) atoms. The largest absolute Gasteiger partial charge is 0.494 e. The van der Waals surface area contributed by atoms with Crippen molar-refractivity contribution in [3.05, 3.63) is 75.0 Å². The van der Waals surface area contributed by atoms with Crippen LogP contribution in [0.4, 0.5) is 0 Å². The summed E-state index contributed by atoms with van der Waals surface area (Å²) in [5, 5.41) is 10.7. The van der Waals surface area contributed by atoms with Gasteiger partial charge in [-0.1, -0.05) is 36.4 Å². The van der Waals surface area contributed by atoms with Gasteiger partial charge in [0.25, 0.3) is 5.56 Å². The molecule has 0 fully saturated rings. The van der Waals surface area contributed by atoms with Crippen molar-refractivity contribution in [1.29, 1.82) is 0 Å². The molecule has 1 N–H and O–H groups in total. The Morgan fingerprint density at radius 2 is 1.92 bits per heavy atom. The summed E-state index contributed by atoms with van der Waals surface area (Å²) in [6.07, 6.45) is 1.60. The summed E-state index contributed by atoms with van der Waals surface area (Å²) in [5.74, 6) is 0.203. The van der Waals surface area contributed by atoms with Gasteiger partial charge in [0.2, 0.25) is 5.88 Å². The lowest BCUT2D eigenvalue weighted by Gasteiger charge is -2.12. The summed E-state index contributed by atoms with van der Waals surface area (Å²) in [5.41, 5.74) is -0.0614. The average molecular weight is 345 g/mol. The standard InChI is InChI=1S/C17H19N3O3S/c1-4-10-18-14(24-11-12-8-6-5-7-9-12)13-15(21)19(2)17(23)20(3)16(13)22/h4-9,21H,1,10-11H2,2-3H3. The normalized spacial score (nSPS) is 11.5. The summed E-state index contributed by atoms with van der Waals surface area (Å²) in [6.45, 7) is 3.93. The topological polar surface area (TPSA) is 76.6 Å². The molecule has 7 heteroatoms. The predicted molar refractivity (Wildman–Crippen MR) is 97.9 cm³/mol. The zero-order valence-electron chi connectivity index (χ0n) is 13.6. The Labute approximate surface area is 143 Å². The van der Waals surface area contributed by atoms with Gasteiger partial charge in [0.1, 0.15) is 10.6 Å². The fourth-order valence-electron chi connectivity index (χ4n) is 2.09. The average Bonchev–Trinajstić information content (AvgIpc) is 2.61. The molecule has 0 atom stereocenters. The molecule has 0 unspecified atom stereocenters. The van der Waals surface area contributed by atoms with Crippen molar-refractivity contribution >= 4 is 16.8 Å². The number of hydrogen-bond acceptors (Lipinski definition) is 5. The second kappa shape index (κ2) is 7.83. The Morgan fingerprint density at radius 3 is 2.54 bits per heavy atom. The van der Waals surface area contributed by atoms with Crippen LogP contribution in [0, 0.1) is 0 Å². The Hall–Kier alpha value is -2.54. The van der Waals surface area contributed by atoms with Gasteiger partial charge in [0, 0.05) is 19.8 Å². The van der Waals surface area contributed by atoms with E-state index in [-0.39, 0.29) is 11.4 Å². The van der Waals surface area contributed by atoms with Gasteiger partial charge in [-0.3, -0.25) is 18.9 Å². The monoisotopic (exact) mass is 345 g/mol. The Morgan fingerprint density at radius 1 is 1.25 bits per heavy atom. The van der Waals surface area contributed by atoms with Gasteiger partial charge in [0.05, 0.1) is 6.54 Å². The van der Waals surface area contributed by atoms with Crippen LogP contribution in [0.2, 0.25) is 0 Å². The fourth-order valence-corrected chi connectivity index (χ4v) is 3.08. The lowest BCUT2D eigenvalue weighted by atomic mass is 10.2. The number of hydrogen-bond donors (Lipinski definition) is 1. The first-order valence-electron chi connectivity index (χ1n) is 7.28. The van der Waals surface area contributed by atoms with Crippen molar-refractivity contribution in [2.24, 2.45) is 19.1 Å². The van der Waals surface area contributed by atoms with E-state index in [1.54, 1.807) is 6.08 Å². The number of rotatable bonds is 5. The minimum absolute atomic E-state index is 0.0300. The van der Waals surface area contributed by atoms with Crippen molar-refractivity contribution in [3.8, 4) is 5.88 Å². The molecular weight excluding hydrogens is 326 g/mol. The summed E-state index contributed by atoms with van der Waals surface area (Å²) < 4.78 is 1.99. The molecular formula is C17H19N3O3S. The molecule has 1 aromatic heterocycles. The first-order chi connectivity index (χ1) is 11.5. The second-order valence-corrected chi connectivity index (χ2v) is 6.08. The van der Waals surface area contributed by atoms with Crippen LogP contribution in [0.1, 0.15) is 11.1 Å². The van der Waals surface area contributed by atoms with Crippen molar-refractivity contribution in [2.45, 2.75) is 5.75 Å². The van der Waals surface area contributed by atoms with E-state index < -0.39 is 11.2 Å². The van der Waals surface area contributed by atoms with E-state index in [9.17, 15) is 14.7 Å². The molecule has 0 saturated carbocycles. The third kappa shape index (κ3) is 3.68.